The standard InChI is InChI=1S/C15H18O4/c1-8-6-12-11(10(3)14(17)18-12)7-13-15(8,19-13)5-4-9(2)16/h4-5,8,11-13H,3,6-7H2,1-2H3/t8-,11+,12+,13+,15-/m0/s1. The third-order valence-corrected chi connectivity index (χ3v) is 4.61. The molecule has 0 unspecified atom stereocenters. The molecule has 0 bridgehead atoms. The first-order chi connectivity index (χ1) is 8.94. The molecular formula is C15H18O4. The van der Waals surface area contributed by atoms with Crippen LogP contribution >= 0.6 is 0 Å². The van der Waals surface area contributed by atoms with Crippen molar-refractivity contribution in [2.24, 2.45) is 11.8 Å². The van der Waals surface area contributed by atoms with Gasteiger partial charge in [-0.25, -0.2) is 4.79 Å². The van der Waals surface area contributed by atoms with Gasteiger partial charge in [-0.05, 0) is 37.8 Å². The summed E-state index contributed by atoms with van der Waals surface area (Å²) in [6.45, 7) is 7.45. The van der Waals surface area contributed by atoms with E-state index in [-0.39, 0.29) is 41.4 Å². The Balaban J connectivity index is 1.83. The molecule has 1 saturated carbocycles. The zero-order valence-corrected chi connectivity index (χ0v) is 11.2. The third kappa shape index (κ3) is 1.86. The molecular weight excluding hydrogens is 244 g/mol. The van der Waals surface area contributed by atoms with E-state index in [0.29, 0.717) is 5.57 Å². The highest BCUT2D eigenvalue weighted by atomic mass is 16.6. The Bertz CT molecular complexity index is 492. The maximum Gasteiger partial charge on any atom is 0.334 e. The number of allylic oxidation sites excluding steroid dienone is 1. The Hall–Kier alpha value is -1.42. The van der Waals surface area contributed by atoms with Crippen LogP contribution in [0.1, 0.15) is 26.7 Å². The van der Waals surface area contributed by atoms with Crippen molar-refractivity contribution < 1.29 is 19.1 Å². The monoisotopic (exact) mass is 262 g/mol. The molecule has 1 aliphatic carbocycles. The number of epoxide rings is 1. The Morgan fingerprint density at radius 3 is 2.89 bits per heavy atom. The molecule has 4 nitrogen and oxygen atoms in total. The van der Waals surface area contributed by atoms with Crippen molar-refractivity contribution in [2.45, 2.75) is 44.5 Å². The maximum absolute atomic E-state index is 11.6. The molecule has 2 heterocycles. The summed E-state index contributed by atoms with van der Waals surface area (Å²) in [5.41, 5.74) is 0.224. The van der Waals surface area contributed by atoms with Crippen molar-refractivity contribution in [2.75, 3.05) is 0 Å². The topological polar surface area (TPSA) is 55.9 Å². The van der Waals surface area contributed by atoms with E-state index in [9.17, 15) is 9.59 Å². The molecule has 0 N–H and O–H groups in total. The Labute approximate surface area is 112 Å². The zero-order chi connectivity index (χ0) is 13.8. The average Bonchev–Trinajstić information content (AvgIpc) is 3.00. The summed E-state index contributed by atoms with van der Waals surface area (Å²) in [6.07, 6.45) is 4.97. The maximum atomic E-state index is 11.6. The molecule has 0 amide bonds. The first-order valence-electron chi connectivity index (χ1n) is 6.71. The lowest BCUT2D eigenvalue weighted by molar-refractivity contribution is -0.139. The van der Waals surface area contributed by atoms with Crippen molar-refractivity contribution in [3.63, 3.8) is 0 Å². The second-order valence-corrected chi connectivity index (χ2v) is 5.85. The van der Waals surface area contributed by atoms with E-state index in [1.807, 2.05) is 6.08 Å². The summed E-state index contributed by atoms with van der Waals surface area (Å²) in [6, 6.07) is 0. The molecule has 0 radical (unpaired) electrons. The van der Waals surface area contributed by atoms with E-state index in [0.717, 1.165) is 12.8 Å². The predicted molar refractivity (Wildman–Crippen MR) is 68.3 cm³/mol. The molecule has 4 heteroatoms. The van der Waals surface area contributed by atoms with Crippen LogP contribution in [0.25, 0.3) is 0 Å². The first-order valence-corrected chi connectivity index (χ1v) is 6.71. The molecule has 3 fully saturated rings. The van der Waals surface area contributed by atoms with Crippen molar-refractivity contribution >= 4 is 11.8 Å². The third-order valence-electron chi connectivity index (χ3n) is 4.61. The van der Waals surface area contributed by atoms with Crippen LogP contribution in [0.4, 0.5) is 0 Å². The van der Waals surface area contributed by atoms with E-state index in [1.165, 1.54) is 6.92 Å². The molecule has 0 aromatic heterocycles. The van der Waals surface area contributed by atoms with Gasteiger partial charge in [-0.15, -0.1) is 0 Å². The molecule has 102 valence electrons. The summed E-state index contributed by atoms with van der Waals surface area (Å²) in [7, 11) is 0. The molecule has 19 heavy (non-hydrogen) atoms. The van der Waals surface area contributed by atoms with Crippen LogP contribution in [0.2, 0.25) is 0 Å². The number of carbonyl (C=O) groups excluding carboxylic acids is 2. The number of ether oxygens (including phenoxy) is 2. The minimum atomic E-state index is -0.345. The Morgan fingerprint density at radius 1 is 1.47 bits per heavy atom. The van der Waals surface area contributed by atoms with Gasteiger partial charge in [0.15, 0.2) is 5.78 Å². The molecule has 3 rings (SSSR count). The lowest BCUT2D eigenvalue weighted by atomic mass is 9.88. The molecule has 0 spiro atoms. The number of ketones is 1. The largest absolute Gasteiger partial charge is 0.458 e. The zero-order valence-electron chi connectivity index (χ0n) is 11.2. The molecule has 5 atom stereocenters. The highest BCUT2D eigenvalue weighted by molar-refractivity contribution is 5.91. The van der Waals surface area contributed by atoms with E-state index < -0.39 is 0 Å². The SMILES string of the molecule is C=C1C(=O)O[C@@H]2C[C@H](C)[C@]3(C=CC(C)=O)O[C@@H]3C[C@H]12. The Morgan fingerprint density at radius 2 is 2.21 bits per heavy atom. The Kier molecular flexibility index (Phi) is 2.68. The summed E-state index contributed by atoms with van der Waals surface area (Å²) in [4.78, 5) is 22.7. The van der Waals surface area contributed by atoms with Gasteiger partial charge < -0.3 is 9.47 Å². The van der Waals surface area contributed by atoms with Gasteiger partial charge in [0.1, 0.15) is 11.7 Å². The van der Waals surface area contributed by atoms with Crippen LogP contribution < -0.4 is 0 Å². The van der Waals surface area contributed by atoms with E-state index in [2.05, 4.69) is 13.5 Å². The van der Waals surface area contributed by atoms with Crippen LogP contribution in [0.5, 0.6) is 0 Å². The predicted octanol–water partition coefficient (Wildman–Crippen LogP) is 1.80. The highest BCUT2D eigenvalue weighted by Gasteiger charge is 2.63. The second kappa shape index (κ2) is 4.04. The van der Waals surface area contributed by atoms with Crippen LogP contribution in [0.15, 0.2) is 24.3 Å². The molecule has 2 saturated heterocycles. The first kappa shape index (κ1) is 12.6. The smallest absolute Gasteiger partial charge is 0.334 e. The fourth-order valence-corrected chi connectivity index (χ4v) is 3.38. The van der Waals surface area contributed by atoms with Gasteiger partial charge in [0.25, 0.3) is 0 Å². The van der Waals surface area contributed by atoms with Gasteiger partial charge in [0.05, 0.1) is 6.10 Å². The molecule has 3 aliphatic rings. The van der Waals surface area contributed by atoms with Crippen LogP contribution in [-0.2, 0) is 19.1 Å². The molecule has 0 aromatic carbocycles. The number of hydrogen-bond donors (Lipinski definition) is 0. The van der Waals surface area contributed by atoms with E-state index >= 15 is 0 Å². The number of carbonyl (C=O) groups is 2. The highest BCUT2D eigenvalue weighted by Crippen LogP contribution is 2.54. The van der Waals surface area contributed by atoms with Crippen molar-refractivity contribution in [1.82, 2.24) is 0 Å². The number of hydrogen-bond acceptors (Lipinski definition) is 4. The number of rotatable bonds is 2. The minimum absolute atomic E-state index is 0.0242. The fourth-order valence-electron chi connectivity index (χ4n) is 3.38. The molecule has 2 aliphatic heterocycles. The number of esters is 1. The van der Waals surface area contributed by atoms with Crippen LogP contribution in [-0.4, -0.2) is 29.6 Å². The van der Waals surface area contributed by atoms with Gasteiger partial charge in [0.2, 0.25) is 0 Å². The average molecular weight is 262 g/mol. The van der Waals surface area contributed by atoms with Gasteiger partial charge in [-0.1, -0.05) is 13.5 Å². The fraction of sp³-hybridized carbons (Fsp3) is 0.600. The van der Waals surface area contributed by atoms with Crippen molar-refractivity contribution in [3.8, 4) is 0 Å². The van der Waals surface area contributed by atoms with E-state index in [1.54, 1.807) is 6.08 Å². The second-order valence-electron chi connectivity index (χ2n) is 5.85. The van der Waals surface area contributed by atoms with Gasteiger partial charge in [-0.2, -0.15) is 0 Å². The summed E-state index contributed by atoms with van der Waals surface area (Å²) >= 11 is 0. The van der Waals surface area contributed by atoms with Gasteiger partial charge >= 0.3 is 5.97 Å². The van der Waals surface area contributed by atoms with Crippen LogP contribution in [0.3, 0.4) is 0 Å². The summed E-state index contributed by atoms with van der Waals surface area (Å²) in [5, 5.41) is 0. The quantitative estimate of drug-likeness (QED) is 0.432. The summed E-state index contributed by atoms with van der Waals surface area (Å²) in [5.74, 6) is 0.0441. The molecule has 0 aromatic rings. The van der Waals surface area contributed by atoms with Crippen LogP contribution in [0, 0.1) is 11.8 Å². The van der Waals surface area contributed by atoms with Gasteiger partial charge in [-0.3, -0.25) is 4.79 Å². The normalized spacial score (nSPS) is 44.5. The van der Waals surface area contributed by atoms with Crippen molar-refractivity contribution in [3.05, 3.63) is 24.3 Å². The van der Waals surface area contributed by atoms with E-state index in [4.69, 9.17) is 9.47 Å². The van der Waals surface area contributed by atoms with Crippen molar-refractivity contribution in [1.29, 1.82) is 0 Å². The minimum Gasteiger partial charge on any atom is -0.458 e. The lowest BCUT2D eigenvalue weighted by Gasteiger charge is -2.20. The number of fused-ring (bicyclic) bond motifs is 2. The van der Waals surface area contributed by atoms with Gasteiger partial charge in [0, 0.05) is 11.5 Å². The lowest BCUT2D eigenvalue weighted by Crippen LogP contribution is -2.24. The summed E-state index contributed by atoms with van der Waals surface area (Å²) < 4.78 is 11.2.